The van der Waals surface area contributed by atoms with Gasteiger partial charge in [0.15, 0.2) is 6.54 Å². The van der Waals surface area contributed by atoms with Gasteiger partial charge in [-0.15, -0.1) is 0 Å². The first-order valence-electron chi connectivity index (χ1n) is 10.3. The molecule has 0 spiro atoms. The van der Waals surface area contributed by atoms with Gasteiger partial charge in [0.05, 0.1) is 17.1 Å². The molecule has 0 saturated carbocycles. The highest BCUT2D eigenvalue weighted by Crippen LogP contribution is 2.20. The Kier molecular flexibility index (Phi) is 5.76. The minimum Gasteiger partial charge on any atom is -0.350 e. The van der Waals surface area contributed by atoms with Crippen LogP contribution in [0.1, 0.15) is 24.6 Å². The van der Waals surface area contributed by atoms with E-state index in [1.807, 2.05) is 4.90 Å². The fourth-order valence-electron chi connectivity index (χ4n) is 4.54. The van der Waals surface area contributed by atoms with Gasteiger partial charge in [0.25, 0.3) is 5.91 Å². The van der Waals surface area contributed by atoms with Gasteiger partial charge in [0.1, 0.15) is 6.04 Å². The quantitative estimate of drug-likeness (QED) is 0.760. The maximum absolute atomic E-state index is 12.9. The number of hydrogen-bond acceptors (Lipinski definition) is 3. The standard InChI is InChI=1S/C21H28N4O3S/c1-22-11-5-9-19(22)20-10-6-12-24(20)17-21(26)23-13-15-25(16-14-23)29(27,28)18-7-3-2-4-8-18/h2-5,7-9,11,20H,6,10,12-17H2,1H3/p+1/t20-/m0/s1. The molecule has 1 aromatic carbocycles. The Morgan fingerprint density at radius 1 is 1.07 bits per heavy atom. The van der Waals surface area contributed by atoms with E-state index in [9.17, 15) is 13.2 Å². The minimum atomic E-state index is -3.49. The largest absolute Gasteiger partial charge is 0.350 e. The van der Waals surface area contributed by atoms with Crippen molar-refractivity contribution in [3.05, 3.63) is 54.4 Å². The van der Waals surface area contributed by atoms with Gasteiger partial charge in [-0.2, -0.15) is 4.31 Å². The Morgan fingerprint density at radius 2 is 1.79 bits per heavy atom. The molecular weight excluding hydrogens is 388 g/mol. The highest BCUT2D eigenvalue weighted by molar-refractivity contribution is 7.89. The van der Waals surface area contributed by atoms with Crippen LogP contribution in [0.5, 0.6) is 0 Å². The molecule has 29 heavy (non-hydrogen) atoms. The van der Waals surface area contributed by atoms with Gasteiger partial charge < -0.3 is 14.4 Å². The molecule has 0 radical (unpaired) electrons. The fourth-order valence-corrected chi connectivity index (χ4v) is 5.99. The monoisotopic (exact) mass is 417 g/mol. The Labute approximate surface area is 172 Å². The predicted octanol–water partition coefficient (Wildman–Crippen LogP) is 0.278. The summed E-state index contributed by atoms with van der Waals surface area (Å²) >= 11 is 0. The molecule has 0 aliphatic carbocycles. The van der Waals surface area contributed by atoms with E-state index >= 15 is 0 Å². The molecule has 1 aromatic heterocycles. The molecule has 0 bridgehead atoms. The van der Waals surface area contributed by atoms with Gasteiger partial charge in [-0.05, 0) is 24.3 Å². The summed E-state index contributed by atoms with van der Waals surface area (Å²) in [5.41, 5.74) is 1.28. The van der Waals surface area contributed by atoms with Crippen LogP contribution in [0, 0.1) is 0 Å². The van der Waals surface area contributed by atoms with Crippen molar-refractivity contribution in [2.75, 3.05) is 39.3 Å². The molecule has 1 unspecified atom stereocenters. The zero-order valence-electron chi connectivity index (χ0n) is 16.8. The highest BCUT2D eigenvalue weighted by atomic mass is 32.2. The topological polar surface area (TPSA) is 67.1 Å². The number of aromatic nitrogens is 1. The number of aryl methyl sites for hydroxylation is 1. The number of carbonyl (C=O) groups excluding carboxylic acids is 1. The SMILES string of the molecule is Cn1cccc1[C@@H]1CCC[NH+]1CC(=O)N1CCN(S(=O)(=O)c2ccccc2)CC1. The van der Waals surface area contributed by atoms with E-state index in [-0.39, 0.29) is 5.91 Å². The molecule has 1 N–H and O–H groups in total. The molecule has 156 valence electrons. The lowest BCUT2D eigenvalue weighted by Crippen LogP contribution is -3.11. The number of nitrogens with zero attached hydrogens (tertiary/aromatic N) is 3. The number of nitrogens with one attached hydrogen (secondary N) is 1. The predicted molar refractivity (Wildman–Crippen MR) is 110 cm³/mol. The van der Waals surface area contributed by atoms with Crippen LogP contribution in [0.2, 0.25) is 0 Å². The van der Waals surface area contributed by atoms with Crippen molar-refractivity contribution in [3.63, 3.8) is 0 Å². The second-order valence-corrected chi connectivity index (χ2v) is 9.86. The van der Waals surface area contributed by atoms with Crippen molar-refractivity contribution in [1.29, 1.82) is 0 Å². The van der Waals surface area contributed by atoms with Crippen molar-refractivity contribution < 1.29 is 18.1 Å². The molecule has 2 saturated heterocycles. The van der Waals surface area contributed by atoms with Gasteiger partial charge >= 0.3 is 0 Å². The summed E-state index contributed by atoms with van der Waals surface area (Å²) in [6.45, 7) is 3.07. The highest BCUT2D eigenvalue weighted by Gasteiger charge is 2.36. The Balaban J connectivity index is 1.35. The molecule has 8 heteroatoms. The third kappa shape index (κ3) is 4.10. The van der Waals surface area contributed by atoms with Crippen LogP contribution in [-0.4, -0.2) is 67.4 Å². The summed E-state index contributed by atoms with van der Waals surface area (Å²) in [4.78, 5) is 16.4. The summed E-state index contributed by atoms with van der Waals surface area (Å²) in [5, 5.41) is 0. The first-order chi connectivity index (χ1) is 14.0. The maximum atomic E-state index is 12.9. The third-order valence-electron chi connectivity index (χ3n) is 6.18. The summed E-state index contributed by atoms with van der Waals surface area (Å²) in [6.07, 6.45) is 4.28. The van der Waals surface area contributed by atoms with Gasteiger partial charge in [-0.25, -0.2) is 8.42 Å². The average Bonchev–Trinajstić information content (AvgIpc) is 3.37. The van der Waals surface area contributed by atoms with Crippen molar-refractivity contribution in [2.45, 2.75) is 23.8 Å². The summed E-state index contributed by atoms with van der Waals surface area (Å²) in [5.74, 6) is 0.123. The lowest BCUT2D eigenvalue weighted by Gasteiger charge is -2.34. The molecule has 7 nitrogen and oxygen atoms in total. The van der Waals surface area contributed by atoms with Crippen LogP contribution >= 0.6 is 0 Å². The Bertz CT molecular complexity index is 949. The van der Waals surface area contributed by atoms with Gasteiger partial charge in [0.2, 0.25) is 10.0 Å². The molecule has 1 amide bonds. The summed E-state index contributed by atoms with van der Waals surface area (Å²) in [6, 6.07) is 13.1. The summed E-state index contributed by atoms with van der Waals surface area (Å²) < 4.78 is 29.2. The van der Waals surface area contributed by atoms with Crippen LogP contribution in [-0.2, 0) is 21.9 Å². The first kappa shape index (κ1) is 20.1. The van der Waals surface area contributed by atoms with Gasteiger partial charge in [-0.3, -0.25) is 4.79 Å². The second-order valence-electron chi connectivity index (χ2n) is 7.92. The third-order valence-corrected chi connectivity index (χ3v) is 8.09. The van der Waals surface area contributed by atoms with Crippen molar-refractivity contribution in [1.82, 2.24) is 13.8 Å². The van der Waals surface area contributed by atoms with Crippen LogP contribution in [0.3, 0.4) is 0 Å². The molecular formula is C21H29N4O3S+. The average molecular weight is 418 g/mol. The zero-order valence-corrected chi connectivity index (χ0v) is 17.6. The Hall–Kier alpha value is -2.16. The van der Waals surface area contributed by atoms with E-state index in [2.05, 4.69) is 29.9 Å². The lowest BCUT2D eigenvalue weighted by atomic mass is 10.1. The van der Waals surface area contributed by atoms with E-state index in [1.165, 1.54) is 14.9 Å². The van der Waals surface area contributed by atoms with E-state index in [1.54, 1.807) is 30.3 Å². The number of benzene rings is 1. The van der Waals surface area contributed by atoms with Crippen LogP contribution < -0.4 is 4.90 Å². The zero-order chi connectivity index (χ0) is 20.4. The molecule has 3 heterocycles. The number of piperazine rings is 1. The van der Waals surface area contributed by atoms with Crippen LogP contribution in [0.25, 0.3) is 0 Å². The van der Waals surface area contributed by atoms with Gasteiger partial charge in [0, 0.05) is 52.3 Å². The normalized spacial score (nSPS) is 23.4. The lowest BCUT2D eigenvalue weighted by molar-refractivity contribution is -0.911. The van der Waals surface area contributed by atoms with Crippen LogP contribution in [0.15, 0.2) is 53.6 Å². The van der Waals surface area contributed by atoms with E-state index in [4.69, 9.17) is 0 Å². The molecule has 4 rings (SSSR count). The minimum absolute atomic E-state index is 0.123. The molecule has 2 aromatic rings. The number of sulfonamides is 1. The van der Waals surface area contributed by atoms with E-state index in [0.29, 0.717) is 43.7 Å². The number of hydrogen-bond donors (Lipinski definition) is 1. The van der Waals surface area contributed by atoms with Crippen molar-refractivity contribution in [3.8, 4) is 0 Å². The van der Waals surface area contributed by atoms with E-state index < -0.39 is 10.0 Å². The number of carbonyl (C=O) groups is 1. The summed E-state index contributed by atoms with van der Waals surface area (Å²) in [7, 11) is -1.43. The molecule has 2 atom stereocenters. The maximum Gasteiger partial charge on any atom is 0.277 e. The number of amides is 1. The van der Waals surface area contributed by atoms with E-state index in [0.717, 1.165) is 19.4 Å². The van der Waals surface area contributed by atoms with Crippen molar-refractivity contribution >= 4 is 15.9 Å². The van der Waals surface area contributed by atoms with Crippen molar-refractivity contribution in [2.24, 2.45) is 7.05 Å². The number of likely N-dealkylation sites (tertiary alicyclic amines) is 1. The second kappa shape index (κ2) is 8.30. The molecule has 2 fully saturated rings. The fraction of sp³-hybridized carbons (Fsp3) is 0.476. The number of rotatable bonds is 5. The van der Waals surface area contributed by atoms with Crippen LogP contribution in [0.4, 0.5) is 0 Å². The molecule has 2 aliphatic rings. The van der Waals surface area contributed by atoms with Gasteiger partial charge in [-0.1, -0.05) is 18.2 Å². The molecule has 2 aliphatic heterocycles. The number of quaternary nitrogens is 1. The Morgan fingerprint density at radius 3 is 2.45 bits per heavy atom. The first-order valence-corrected chi connectivity index (χ1v) is 11.7. The smallest absolute Gasteiger partial charge is 0.277 e.